The van der Waals surface area contributed by atoms with E-state index in [0.717, 1.165) is 50.2 Å². The van der Waals surface area contributed by atoms with Gasteiger partial charge in [-0.2, -0.15) is 0 Å². The van der Waals surface area contributed by atoms with Gasteiger partial charge in [-0.3, -0.25) is 14.6 Å². The van der Waals surface area contributed by atoms with Crippen molar-refractivity contribution < 1.29 is 14.4 Å². The second-order valence-electron chi connectivity index (χ2n) is 8.06. The standard InChI is InChI=1S/C20H26N4O3/c1-15-11-17(27-22-15)19(26)23-9-6-20(7-10-23)5-4-18(25)24(14-20)13-16-3-2-8-21-12-16/h2-3,8,12,17H,4-7,9-11,13-14H2,1H3/t17-/m1/s1. The van der Waals surface area contributed by atoms with Gasteiger partial charge < -0.3 is 14.6 Å². The van der Waals surface area contributed by atoms with Crippen molar-refractivity contribution >= 4 is 17.5 Å². The molecule has 1 atom stereocenters. The fourth-order valence-electron chi connectivity index (χ4n) is 4.40. The van der Waals surface area contributed by atoms with Crippen molar-refractivity contribution in [1.82, 2.24) is 14.8 Å². The molecule has 2 saturated heterocycles. The molecule has 0 saturated carbocycles. The van der Waals surface area contributed by atoms with Gasteiger partial charge in [-0.15, -0.1) is 0 Å². The van der Waals surface area contributed by atoms with Crippen LogP contribution in [0.15, 0.2) is 29.7 Å². The van der Waals surface area contributed by atoms with Crippen LogP contribution in [0.25, 0.3) is 0 Å². The lowest BCUT2D eigenvalue weighted by atomic mass is 9.72. The van der Waals surface area contributed by atoms with Gasteiger partial charge in [-0.1, -0.05) is 11.2 Å². The molecule has 4 heterocycles. The molecule has 1 aromatic rings. The van der Waals surface area contributed by atoms with Crippen LogP contribution in [0.3, 0.4) is 0 Å². The third-order valence-corrected chi connectivity index (χ3v) is 6.07. The molecule has 2 fully saturated rings. The van der Waals surface area contributed by atoms with Crippen molar-refractivity contribution in [2.75, 3.05) is 19.6 Å². The maximum Gasteiger partial charge on any atom is 0.266 e. The highest BCUT2D eigenvalue weighted by molar-refractivity contribution is 5.91. The van der Waals surface area contributed by atoms with E-state index in [9.17, 15) is 9.59 Å². The third-order valence-electron chi connectivity index (χ3n) is 6.07. The molecule has 1 aromatic heterocycles. The Bertz CT molecular complexity index is 741. The van der Waals surface area contributed by atoms with Crippen molar-refractivity contribution in [2.24, 2.45) is 10.6 Å². The van der Waals surface area contributed by atoms with E-state index in [4.69, 9.17) is 4.84 Å². The number of carbonyl (C=O) groups is 2. The van der Waals surface area contributed by atoms with Crippen LogP contribution in [-0.4, -0.2) is 58.0 Å². The molecule has 1 spiro atoms. The van der Waals surface area contributed by atoms with Crippen LogP contribution >= 0.6 is 0 Å². The Labute approximate surface area is 159 Å². The van der Waals surface area contributed by atoms with Crippen LogP contribution in [-0.2, 0) is 21.0 Å². The van der Waals surface area contributed by atoms with Crippen molar-refractivity contribution in [3.63, 3.8) is 0 Å². The van der Waals surface area contributed by atoms with Gasteiger partial charge in [0.25, 0.3) is 5.91 Å². The lowest BCUT2D eigenvalue weighted by Gasteiger charge is -2.47. The predicted octanol–water partition coefficient (Wildman–Crippen LogP) is 1.98. The summed E-state index contributed by atoms with van der Waals surface area (Å²) in [6.45, 7) is 4.72. The van der Waals surface area contributed by atoms with Crippen molar-refractivity contribution in [3.05, 3.63) is 30.1 Å². The number of carbonyl (C=O) groups excluding carboxylic acids is 2. The lowest BCUT2D eigenvalue weighted by Crippen LogP contribution is -2.53. The second-order valence-corrected chi connectivity index (χ2v) is 8.06. The summed E-state index contributed by atoms with van der Waals surface area (Å²) in [7, 11) is 0. The summed E-state index contributed by atoms with van der Waals surface area (Å²) in [6, 6.07) is 3.91. The number of pyridine rings is 1. The van der Waals surface area contributed by atoms with Gasteiger partial charge in [0.1, 0.15) is 0 Å². The van der Waals surface area contributed by atoms with Crippen LogP contribution in [0.4, 0.5) is 0 Å². The molecule has 0 N–H and O–H groups in total. The summed E-state index contributed by atoms with van der Waals surface area (Å²) in [4.78, 5) is 38.3. The average Bonchev–Trinajstić information content (AvgIpc) is 3.12. The largest absolute Gasteiger partial charge is 0.382 e. The van der Waals surface area contributed by atoms with Crippen molar-refractivity contribution in [1.29, 1.82) is 0 Å². The molecule has 0 unspecified atom stereocenters. The lowest BCUT2D eigenvalue weighted by molar-refractivity contribution is -0.148. The Morgan fingerprint density at radius 3 is 2.81 bits per heavy atom. The number of amides is 2. The average molecular weight is 370 g/mol. The zero-order chi connectivity index (χ0) is 18.9. The number of likely N-dealkylation sites (tertiary alicyclic amines) is 2. The Kier molecular flexibility index (Phi) is 4.85. The van der Waals surface area contributed by atoms with Crippen LogP contribution in [0.2, 0.25) is 0 Å². The van der Waals surface area contributed by atoms with Crippen LogP contribution in [0.1, 0.15) is 44.6 Å². The van der Waals surface area contributed by atoms with Gasteiger partial charge in [-0.25, -0.2) is 0 Å². The zero-order valence-electron chi connectivity index (χ0n) is 15.8. The molecule has 144 valence electrons. The minimum atomic E-state index is -0.450. The molecule has 3 aliphatic heterocycles. The fraction of sp³-hybridized carbons (Fsp3) is 0.600. The maximum atomic E-state index is 12.6. The molecule has 0 aromatic carbocycles. The SMILES string of the molecule is CC1=NO[C@@H](C(=O)N2CCC3(CCC(=O)N(Cc4cccnc4)C3)CC2)C1. The highest BCUT2D eigenvalue weighted by Crippen LogP contribution is 2.40. The number of nitrogens with zero attached hydrogens (tertiary/aromatic N) is 4. The summed E-state index contributed by atoms with van der Waals surface area (Å²) in [6.07, 6.45) is 7.08. The normalized spacial score (nSPS) is 24.7. The van der Waals surface area contributed by atoms with Crippen molar-refractivity contribution in [3.8, 4) is 0 Å². The highest BCUT2D eigenvalue weighted by atomic mass is 16.6. The summed E-state index contributed by atoms with van der Waals surface area (Å²) in [5.74, 6) is 0.263. The molecular weight excluding hydrogens is 344 g/mol. The monoisotopic (exact) mass is 370 g/mol. The van der Waals surface area contributed by atoms with Gasteiger partial charge >= 0.3 is 0 Å². The molecule has 27 heavy (non-hydrogen) atoms. The minimum absolute atomic E-state index is 0.0459. The maximum absolute atomic E-state index is 12.6. The summed E-state index contributed by atoms with van der Waals surface area (Å²) in [5, 5.41) is 3.89. The molecule has 0 aliphatic carbocycles. The molecule has 7 nitrogen and oxygen atoms in total. The van der Waals surface area contributed by atoms with E-state index in [1.54, 1.807) is 6.20 Å². The molecule has 0 radical (unpaired) electrons. The van der Waals surface area contributed by atoms with Gasteiger partial charge in [0, 0.05) is 51.4 Å². The van der Waals surface area contributed by atoms with Crippen LogP contribution in [0.5, 0.6) is 0 Å². The van der Waals surface area contributed by atoms with Gasteiger partial charge in [0.05, 0.1) is 5.71 Å². The Balaban J connectivity index is 1.36. The van der Waals surface area contributed by atoms with Crippen LogP contribution in [0, 0.1) is 5.41 Å². The fourth-order valence-corrected chi connectivity index (χ4v) is 4.40. The number of piperidine rings is 2. The minimum Gasteiger partial charge on any atom is -0.382 e. The van der Waals surface area contributed by atoms with Gasteiger partial charge in [0.2, 0.25) is 12.0 Å². The Hall–Kier alpha value is -2.44. The molecule has 2 amide bonds. The number of hydrogen-bond donors (Lipinski definition) is 0. The highest BCUT2D eigenvalue weighted by Gasteiger charge is 2.43. The zero-order valence-corrected chi connectivity index (χ0v) is 15.8. The van der Waals surface area contributed by atoms with Gasteiger partial charge in [-0.05, 0) is 43.2 Å². The predicted molar refractivity (Wildman–Crippen MR) is 99.7 cm³/mol. The number of rotatable bonds is 3. The van der Waals surface area contributed by atoms with Crippen molar-refractivity contribution in [2.45, 2.75) is 51.7 Å². The molecule has 0 bridgehead atoms. The van der Waals surface area contributed by atoms with E-state index in [1.807, 2.05) is 35.1 Å². The van der Waals surface area contributed by atoms with Gasteiger partial charge in [0.15, 0.2) is 0 Å². The third kappa shape index (κ3) is 3.82. The summed E-state index contributed by atoms with van der Waals surface area (Å²) in [5.41, 5.74) is 2.05. The molecule has 3 aliphatic rings. The summed E-state index contributed by atoms with van der Waals surface area (Å²) < 4.78 is 0. The first-order chi connectivity index (χ1) is 13.0. The number of aromatic nitrogens is 1. The summed E-state index contributed by atoms with van der Waals surface area (Å²) >= 11 is 0. The van der Waals surface area contributed by atoms with E-state index in [2.05, 4.69) is 10.1 Å². The van der Waals surface area contributed by atoms with E-state index in [0.29, 0.717) is 19.4 Å². The topological polar surface area (TPSA) is 75.1 Å². The van der Waals surface area contributed by atoms with Crippen LogP contribution < -0.4 is 0 Å². The smallest absolute Gasteiger partial charge is 0.266 e. The first kappa shape index (κ1) is 17.9. The first-order valence-electron chi connectivity index (χ1n) is 9.69. The molecule has 7 heteroatoms. The number of hydrogen-bond acceptors (Lipinski definition) is 5. The number of oxime groups is 1. The van der Waals surface area contributed by atoms with E-state index in [-0.39, 0.29) is 17.2 Å². The molecule has 4 rings (SSSR count). The van der Waals surface area contributed by atoms with E-state index < -0.39 is 6.10 Å². The molecular formula is C20H26N4O3. The second kappa shape index (κ2) is 7.29. The van der Waals surface area contributed by atoms with E-state index >= 15 is 0 Å². The first-order valence-corrected chi connectivity index (χ1v) is 9.69. The Morgan fingerprint density at radius 2 is 2.15 bits per heavy atom. The van der Waals surface area contributed by atoms with E-state index in [1.165, 1.54) is 0 Å². The quantitative estimate of drug-likeness (QED) is 0.815. The Morgan fingerprint density at radius 1 is 1.33 bits per heavy atom.